The van der Waals surface area contributed by atoms with Gasteiger partial charge in [-0.05, 0) is 18.8 Å². The van der Waals surface area contributed by atoms with Crippen molar-refractivity contribution in [2.75, 3.05) is 0 Å². The molecule has 0 bridgehead atoms. The Labute approximate surface area is 74.3 Å². The maximum Gasteiger partial charge on any atom is 0.331 e. The average molecular weight is 170 g/mol. The lowest BCUT2D eigenvalue weighted by Gasteiger charge is -2.04. The highest BCUT2D eigenvalue weighted by Gasteiger charge is 2.07. The molecular weight excluding hydrogens is 152 g/mol. The molecule has 0 aromatic carbocycles. The molecule has 0 rings (SSSR count). The van der Waals surface area contributed by atoms with Crippen molar-refractivity contribution in [1.29, 1.82) is 0 Å². The largest absolute Gasteiger partial charge is 0.478 e. The molecule has 70 valence electrons. The molecule has 0 aromatic rings. The molecule has 0 aliphatic rings. The molecule has 0 aliphatic carbocycles. The van der Waals surface area contributed by atoms with Crippen LogP contribution in [0.3, 0.4) is 0 Å². The van der Waals surface area contributed by atoms with Crippen LogP contribution in [-0.2, 0) is 4.79 Å². The minimum absolute atomic E-state index is 0.421. The summed E-state index contributed by atoms with van der Waals surface area (Å²) >= 11 is 0. The zero-order valence-corrected chi connectivity index (χ0v) is 8.13. The van der Waals surface area contributed by atoms with E-state index in [1.807, 2.05) is 26.8 Å². The van der Waals surface area contributed by atoms with Crippen molar-refractivity contribution in [1.82, 2.24) is 0 Å². The van der Waals surface area contributed by atoms with Crippen LogP contribution in [0.2, 0.25) is 0 Å². The van der Waals surface area contributed by atoms with E-state index in [4.69, 9.17) is 5.11 Å². The second kappa shape index (κ2) is 5.81. The molecule has 0 fully saturated rings. The average Bonchev–Trinajstić information content (AvgIpc) is 1.96. The first-order valence-corrected chi connectivity index (χ1v) is 4.50. The van der Waals surface area contributed by atoms with Gasteiger partial charge < -0.3 is 5.11 Å². The van der Waals surface area contributed by atoms with Crippen LogP contribution in [-0.4, -0.2) is 11.1 Å². The van der Waals surface area contributed by atoms with E-state index in [0.29, 0.717) is 17.9 Å². The van der Waals surface area contributed by atoms with E-state index < -0.39 is 5.97 Å². The Kier molecular flexibility index (Phi) is 5.43. The van der Waals surface area contributed by atoms with E-state index in [2.05, 4.69) is 0 Å². The Morgan fingerprint density at radius 2 is 2.08 bits per heavy atom. The molecule has 2 heteroatoms. The van der Waals surface area contributed by atoms with Crippen molar-refractivity contribution < 1.29 is 9.90 Å². The number of carboxylic acid groups (broad SMARTS) is 1. The summed E-state index contributed by atoms with van der Waals surface area (Å²) in [6, 6.07) is 0. The number of hydrogen-bond donors (Lipinski definition) is 1. The highest BCUT2D eigenvalue weighted by molar-refractivity contribution is 5.86. The second-order valence-electron chi connectivity index (χ2n) is 3.42. The van der Waals surface area contributed by atoms with Gasteiger partial charge in [0.15, 0.2) is 0 Å². The molecule has 0 aromatic heterocycles. The predicted octanol–water partition coefficient (Wildman–Crippen LogP) is 2.84. The van der Waals surface area contributed by atoms with Crippen LogP contribution in [0, 0.1) is 5.92 Å². The summed E-state index contributed by atoms with van der Waals surface area (Å²) in [5, 5.41) is 8.78. The summed E-state index contributed by atoms with van der Waals surface area (Å²) in [5.41, 5.74) is 0.562. The third-order valence-electron chi connectivity index (χ3n) is 1.58. The number of unbranched alkanes of at least 4 members (excludes halogenated alkanes) is 1. The molecule has 0 atom stereocenters. The summed E-state index contributed by atoms with van der Waals surface area (Å²) in [6.45, 7) is 6.11. The Bertz CT molecular complexity index is 169. The topological polar surface area (TPSA) is 37.3 Å². The van der Waals surface area contributed by atoms with Gasteiger partial charge in [0.05, 0.1) is 0 Å². The molecule has 0 saturated carbocycles. The molecule has 0 saturated heterocycles. The van der Waals surface area contributed by atoms with E-state index in [0.717, 1.165) is 12.8 Å². The van der Waals surface area contributed by atoms with E-state index in [-0.39, 0.29) is 0 Å². The number of hydrogen-bond acceptors (Lipinski definition) is 1. The molecule has 0 heterocycles. The van der Waals surface area contributed by atoms with Gasteiger partial charge in [-0.1, -0.05) is 33.3 Å². The Hall–Kier alpha value is -0.790. The first kappa shape index (κ1) is 11.2. The highest BCUT2D eigenvalue weighted by Crippen LogP contribution is 2.11. The van der Waals surface area contributed by atoms with Gasteiger partial charge in [0, 0.05) is 5.57 Å². The Balaban J connectivity index is 4.13. The monoisotopic (exact) mass is 170 g/mol. The summed E-state index contributed by atoms with van der Waals surface area (Å²) in [5.74, 6) is -0.346. The van der Waals surface area contributed by atoms with Crippen molar-refractivity contribution >= 4 is 5.97 Å². The van der Waals surface area contributed by atoms with Crippen LogP contribution in [0.4, 0.5) is 0 Å². The fraction of sp³-hybridized carbons (Fsp3) is 0.700. The molecular formula is C10H18O2. The van der Waals surface area contributed by atoms with Crippen molar-refractivity contribution in [2.24, 2.45) is 5.92 Å². The maximum absolute atomic E-state index is 10.7. The van der Waals surface area contributed by atoms with Gasteiger partial charge in [0.1, 0.15) is 0 Å². The van der Waals surface area contributed by atoms with E-state index in [9.17, 15) is 4.79 Å². The molecule has 0 unspecified atom stereocenters. The van der Waals surface area contributed by atoms with Gasteiger partial charge in [-0.3, -0.25) is 0 Å². The summed E-state index contributed by atoms with van der Waals surface area (Å²) in [4.78, 5) is 10.7. The molecule has 1 N–H and O–H groups in total. The number of rotatable bonds is 5. The minimum Gasteiger partial charge on any atom is -0.478 e. The number of carboxylic acids is 1. The number of allylic oxidation sites excluding steroid dienone is 1. The van der Waals surface area contributed by atoms with Crippen molar-refractivity contribution in [3.05, 3.63) is 11.6 Å². The van der Waals surface area contributed by atoms with Crippen LogP contribution in [0.5, 0.6) is 0 Å². The Morgan fingerprint density at radius 1 is 1.50 bits per heavy atom. The van der Waals surface area contributed by atoms with Crippen LogP contribution in [0.15, 0.2) is 11.6 Å². The van der Waals surface area contributed by atoms with E-state index >= 15 is 0 Å². The van der Waals surface area contributed by atoms with Crippen LogP contribution in [0.1, 0.15) is 40.0 Å². The molecule has 12 heavy (non-hydrogen) atoms. The lowest BCUT2D eigenvalue weighted by atomic mass is 10.0. The summed E-state index contributed by atoms with van der Waals surface area (Å²) < 4.78 is 0. The molecule has 0 amide bonds. The minimum atomic E-state index is -0.767. The van der Waals surface area contributed by atoms with Crippen molar-refractivity contribution in [3.8, 4) is 0 Å². The van der Waals surface area contributed by atoms with Crippen molar-refractivity contribution in [3.63, 3.8) is 0 Å². The predicted molar refractivity (Wildman–Crippen MR) is 50.1 cm³/mol. The molecule has 0 aliphatic heterocycles. The normalized spacial score (nSPS) is 12.2. The standard InChI is InChI=1S/C10H18O2/c1-4-5-6-9(10(11)12)7-8(2)3/h6,8H,4-5,7H2,1-3H3,(H,11,12). The lowest BCUT2D eigenvalue weighted by Crippen LogP contribution is -2.03. The van der Waals surface area contributed by atoms with Crippen LogP contribution >= 0.6 is 0 Å². The number of aliphatic carboxylic acids is 1. The van der Waals surface area contributed by atoms with Crippen molar-refractivity contribution in [2.45, 2.75) is 40.0 Å². The van der Waals surface area contributed by atoms with E-state index in [1.165, 1.54) is 0 Å². The van der Waals surface area contributed by atoms with Crippen LogP contribution < -0.4 is 0 Å². The molecule has 0 radical (unpaired) electrons. The smallest absolute Gasteiger partial charge is 0.331 e. The zero-order chi connectivity index (χ0) is 9.56. The lowest BCUT2D eigenvalue weighted by molar-refractivity contribution is -0.132. The quantitative estimate of drug-likeness (QED) is 0.644. The first-order valence-electron chi connectivity index (χ1n) is 4.50. The summed E-state index contributed by atoms with van der Waals surface area (Å²) in [6.07, 6.45) is 4.39. The third-order valence-corrected chi connectivity index (χ3v) is 1.58. The summed E-state index contributed by atoms with van der Waals surface area (Å²) in [7, 11) is 0. The van der Waals surface area contributed by atoms with Gasteiger partial charge in [-0.25, -0.2) is 4.79 Å². The second-order valence-corrected chi connectivity index (χ2v) is 3.42. The SMILES string of the molecule is CCCC=C(CC(C)C)C(=O)O. The fourth-order valence-electron chi connectivity index (χ4n) is 1.02. The van der Waals surface area contributed by atoms with Gasteiger partial charge in [-0.2, -0.15) is 0 Å². The third kappa shape index (κ3) is 4.94. The van der Waals surface area contributed by atoms with Gasteiger partial charge >= 0.3 is 5.97 Å². The number of carbonyl (C=O) groups is 1. The van der Waals surface area contributed by atoms with Crippen LogP contribution in [0.25, 0.3) is 0 Å². The maximum atomic E-state index is 10.7. The highest BCUT2D eigenvalue weighted by atomic mass is 16.4. The Morgan fingerprint density at radius 3 is 2.42 bits per heavy atom. The molecule has 0 spiro atoms. The van der Waals surface area contributed by atoms with Gasteiger partial charge in [0.2, 0.25) is 0 Å². The van der Waals surface area contributed by atoms with Gasteiger partial charge in [0.25, 0.3) is 0 Å². The molecule has 2 nitrogen and oxygen atoms in total. The van der Waals surface area contributed by atoms with Gasteiger partial charge in [-0.15, -0.1) is 0 Å². The fourth-order valence-corrected chi connectivity index (χ4v) is 1.02. The first-order chi connectivity index (χ1) is 5.57. The van der Waals surface area contributed by atoms with E-state index in [1.54, 1.807) is 0 Å². The zero-order valence-electron chi connectivity index (χ0n) is 8.13.